The summed E-state index contributed by atoms with van der Waals surface area (Å²) >= 11 is 0. The van der Waals surface area contributed by atoms with Gasteiger partial charge in [-0.3, -0.25) is 0 Å². The van der Waals surface area contributed by atoms with Crippen LogP contribution >= 0.6 is 0 Å². The van der Waals surface area contributed by atoms with Crippen LogP contribution in [0.5, 0.6) is 0 Å². The summed E-state index contributed by atoms with van der Waals surface area (Å²) in [4.78, 5) is 21.5. The van der Waals surface area contributed by atoms with Gasteiger partial charge in [-0.1, -0.05) is 26.5 Å². The first-order valence-corrected chi connectivity index (χ1v) is 7.22. The SMILES string of the molecule is C=C(C)C(=O)OCC1CO1.C=CC(=O)OC1(CCC)CC1. The predicted octanol–water partition coefficient (Wildman–Crippen LogP) is 2.55. The molecule has 0 aromatic heterocycles. The summed E-state index contributed by atoms with van der Waals surface area (Å²) in [6, 6.07) is 0. The molecule has 0 aromatic carbocycles. The lowest BCUT2D eigenvalue weighted by molar-refractivity contribution is -0.145. The van der Waals surface area contributed by atoms with Gasteiger partial charge in [0, 0.05) is 11.6 Å². The minimum absolute atomic E-state index is 0.0972. The highest BCUT2D eigenvalue weighted by atomic mass is 16.6. The molecule has 1 aliphatic carbocycles. The zero-order chi connectivity index (χ0) is 15.9. The van der Waals surface area contributed by atoms with Crippen LogP contribution in [0.4, 0.5) is 0 Å². The predicted molar refractivity (Wildman–Crippen MR) is 78.7 cm³/mol. The van der Waals surface area contributed by atoms with Crippen molar-refractivity contribution in [2.75, 3.05) is 13.2 Å². The molecule has 2 fully saturated rings. The van der Waals surface area contributed by atoms with Crippen molar-refractivity contribution in [3.63, 3.8) is 0 Å². The normalized spacial score (nSPS) is 20.4. The van der Waals surface area contributed by atoms with E-state index in [0.717, 1.165) is 25.7 Å². The highest BCUT2D eigenvalue weighted by Gasteiger charge is 2.45. The molecule has 1 saturated heterocycles. The van der Waals surface area contributed by atoms with E-state index < -0.39 is 0 Å². The molecular weight excluding hydrogens is 272 g/mol. The first-order valence-electron chi connectivity index (χ1n) is 7.22. The summed E-state index contributed by atoms with van der Waals surface area (Å²) < 4.78 is 14.8. The van der Waals surface area contributed by atoms with Crippen LogP contribution in [0.2, 0.25) is 0 Å². The number of carbonyl (C=O) groups excluding carboxylic acids is 2. The lowest BCUT2D eigenvalue weighted by atomic mass is 10.2. The van der Waals surface area contributed by atoms with Gasteiger partial charge in [-0.2, -0.15) is 0 Å². The third kappa shape index (κ3) is 7.09. The number of rotatable bonds is 7. The summed E-state index contributed by atoms with van der Waals surface area (Å²) in [5, 5.41) is 0. The fourth-order valence-corrected chi connectivity index (χ4v) is 1.71. The molecular formula is C16H24O5. The third-order valence-electron chi connectivity index (χ3n) is 3.15. The van der Waals surface area contributed by atoms with Gasteiger partial charge in [0.05, 0.1) is 6.61 Å². The molecule has 2 rings (SSSR count). The molecule has 1 aliphatic heterocycles. The highest BCUT2D eigenvalue weighted by Crippen LogP contribution is 2.43. The van der Waals surface area contributed by atoms with E-state index in [1.165, 1.54) is 6.08 Å². The van der Waals surface area contributed by atoms with Gasteiger partial charge in [-0.15, -0.1) is 0 Å². The molecule has 0 bridgehead atoms. The smallest absolute Gasteiger partial charge is 0.333 e. The fraction of sp³-hybridized carbons (Fsp3) is 0.625. The van der Waals surface area contributed by atoms with Crippen LogP contribution in [-0.2, 0) is 23.8 Å². The van der Waals surface area contributed by atoms with Crippen LogP contribution in [0.3, 0.4) is 0 Å². The Kier molecular flexibility index (Phi) is 6.62. The molecule has 0 spiro atoms. The van der Waals surface area contributed by atoms with E-state index in [1.807, 2.05) is 0 Å². The van der Waals surface area contributed by atoms with E-state index in [9.17, 15) is 9.59 Å². The maximum Gasteiger partial charge on any atom is 0.333 e. The molecule has 0 N–H and O–H groups in total. The summed E-state index contributed by atoms with van der Waals surface area (Å²) in [7, 11) is 0. The average molecular weight is 296 g/mol. The van der Waals surface area contributed by atoms with Crippen molar-refractivity contribution in [1.29, 1.82) is 0 Å². The Bertz CT molecular complexity index is 405. The Morgan fingerprint density at radius 2 is 2.05 bits per heavy atom. The van der Waals surface area contributed by atoms with Gasteiger partial charge in [0.15, 0.2) is 0 Å². The molecule has 0 radical (unpaired) electrons. The van der Waals surface area contributed by atoms with Gasteiger partial charge in [-0.25, -0.2) is 9.59 Å². The van der Waals surface area contributed by atoms with E-state index in [0.29, 0.717) is 18.8 Å². The second-order valence-corrected chi connectivity index (χ2v) is 5.39. The molecule has 0 amide bonds. The highest BCUT2D eigenvalue weighted by molar-refractivity contribution is 5.86. The summed E-state index contributed by atoms with van der Waals surface area (Å²) in [6.45, 7) is 11.6. The van der Waals surface area contributed by atoms with Crippen LogP contribution in [-0.4, -0.2) is 36.9 Å². The van der Waals surface area contributed by atoms with Crippen LogP contribution < -0.4 is 0 Å². The Balaban J connectivity index is 0.000000211. The van der Waals surface area contributed by atoms with Crippen molar-refractivity contribution in [1.82, 2.24) is 0 Å². The van der Waals surface area contributed by atoms with E-state index in [1.54, 1.807) is 6.92 Å². The van der Waals surface area contributed by atoms with Gasteiger partial charge in [0.1, 0.15) is 18.3 Å². The van der Waals surface area contributed by atoms with Crippen molar-refractivity contribution >= 4 is 11.9 Å². The lowest BCUT2D eigenvalue weighted by Crippen LogP contribution is -2.17. The minimum Gasteiger partial charge on any atom is -0.459 e. The minimum atomic E-state index is -0.337. The van der Waals surface area contributed by atoms with Crippen molar-refractivity contribution in [2.45, 2.75) is 51.2 Å². The lowest BCUT2D eigenvalue weighted by Gasteiger charge is -2.13. The molecule has 1 heterocycles. The zero-order valence-corrected chi connectivity index (χ0v) is 12.9. The zero-order valence-electron chi connectivity index (χ0n) is 12.9. The van der Waals surface area contributed by atoms with Crippen molar-refractivity contribution in [3.8, 4) is 0 Å². The van der Waals surface area contributed by atoms with Crippen LogP contribution in [0.15, 0.2) is 24.8 Å². The molecule has 5 heteroatoms. The Hall–Kier alpha value is -1.62. The van der Waals surface area contributed by atoms with Crippen molar-refractivity contribution in [2.24, 2.45) is 0 Å². The maximum absolute atomic E-state index is 10.8. The topological polar surface area (TPSA) is 65.1 Å². The summed E-state index contributed by atoms with van der Waals surface area (Å²) in [5.41, 5.74) is 0.334. The van der Waals surface area contributed by atoms with Crippen LogP contribution in [0, 0.1) is 0 Å². The third-order valence-corrected chi connectivity index (χ3v) is 3.15. The van der Waals surface area contributed by atoms with E-state index in [4.69, 9.17) is 14.2 Å². The average Bonchev–Trinajstić information content (AvgIpc) is 3.34. The molecule has 118 valence electrons. The molecule has 5 nitrogen and oxygen atoms in total. The molecule has 21 heavy (non-hydrogen) atoms. The Morgan fingerprint density at radius 1 is 1.43 bits per heavy atom. The van der Waals surface area contributed by atoms with Gasteiger partial charge in [-0.05, 0) is 26.2 Å². The number of hydrogen-bond acceptors (Lipinski definition) is 5. The monoisotopic (exact) mass is 296 g/mol. The van der Waals surface area contributed by atoms with Gasteiger partial charge >= 0.3 is 11.9 Å². The molecule has 1 unspecified atom stereocenters. The van der Waals surface area contributed by atoms with Crippen LogP contribution in [0.1, 0.15) is 39.5 Å². The Morgan fingerprint density at radius 3 is 2.43 bits per heavy atom. The molecule has 0 aromatic rings. The number of ether oxygens (including phenoxy) is 3. The van der Waals surface area contributed by atoms with Crippen molar-refractivity contribution in [3.05, 3.63) is 24.8 Å². The van der Waals surface area contributed by atoms with Crippen molar-refractivity contribution < 1.29 is 23.8 Å². The maximum atomic E-state index is 10.8. The quantitative estimate of drug-likeness (QED) is 0.410. The van der Waals surface area contributed by atoms with E-state index in [2.05, 4.69) is 20.1 Å². The molecule has 1 atom stereocenters. The van der Waals surface area contributed by atoms with E-state index >= 15 is 0 Å². The Labute approximate surface area is 125 Å². The number of epoxide rings is 1. The largest absolute Gasteiger partial charge is 0.459 e. The standard InChI is InChI=1S/C9H14O2.C7H10O3/c1-3-5-9(6-7-9)11-8(10)4-2;1-5(2)7(8)10-4-6-3-9-6/h4H,2-3,5-7H2,1H3;6H,1,3-4H2,2H3. The molecule has 1 saturated carbocycles. The van der Waals surface area contributed by atoms with Crippen LogP contribution in [0.25, 0.3) is 0 Å². The van der Waals surface area contributed by atoms with E-state index in [-0.39, 0.29) is 23.6 Å². The second-order valence-electron chi connectivity index (χ2n) is 5.39. The van der Waals surface area contributed by atoms with Gasteiger partial charge in [0.2, 0.25) is 0 Å². The summed E-state index contributed by atoms with van der Waals surface area (Å²) in [5.74, 6) is -0.619. The van der Waals surface area contributed by atoms with Gasteiger partial charge in [0.25, 0.3) is 0 Å². The number of esters is 2. The summed E-state index contributed by atoms with van der Waals surface area (Å²) in [6.07, 6.45) is 5.50. The molecule has 2 aliphatic rings. The first-order chi connectivity index (χ1) is 9.92. The fourth-order valence-electron chi connectivity index (χ4n) is 1.71. The number of carbonyl (C=O) groups is 2. The number of hydrogen-bond donors (Lipinski definition) is 0. The first kappa shape index (κ1) is 17.4. The van der Waals surface area contributed by atoms with Gasteiger partial charge < -0.3 is 14.2 Å². The second kappa shape index (κ2) is 7.98.